The van der Waals surface area contributed by atoms with Crippen LogP contribution in [0.15, 0.2) is 18.2 Å². The smallest absolute Gasteiger partial charge is 0.189 e. The Morgan fingerprint density at radius 3 is 2.89 bits per heavy atom. The summed E-state index contributed by atoms with van der Waals surface area (Å²) >= 11 is 0. The van der Waals surface area contributed by atoms with Crippen LogP contribution in [0.25, 0.3) is 0 Å². The maximum absolute atomic E-state index is 13.6. The Hall–Kier alpha value is -1.17. The first-order valence-electron chi connectivity index (χ1n) is 5.97. The lowest BCUT2D eigenvalue weighted by Gasteiger charge is -2.12. The van der Waals surface area contributed by atoms with Gasteiger partial charge in [-0.1, -0.05) is 12.1 Å². The highest BCUT2D eigenvalue weighted by Crippen LogP contribution is 2.22. The number of benzene rings is 1. The molecule has 18 heavy (non-hydrogen) atoms. The summed E-state index contributed by atoms with van der Waals surface area (Å²) in [6, 6.07) is 4.86. The number of nitrogens with one attached hydrogen (secondary N) is 1. The van der Waals surface area contributed by atoms with Crippen molar-refractivity contribution in [1.29, 1.82) is 0 Å². The Bertz CT molecular complexity index is 347. The van der Waals surface area contributed by atoms with Crippen molar-refractivity contribution in [3.8, 4) is 5.75 Å². The van der Waals surface area contributed by atoms with Gasteiger partial charge in [-0.3, -0.25) is 0 Å². The van der Waals surface area contributed by atoms with Crippen molar-refractivity contribution in [2.75, 3.05) is 33.7 Å². The first-order valence-corrected chi connectivity index (χ1v) is 5.97. The molecule has 1 aromatic carbocycles. The molecule has 1 N–H and O–H groups in total. The second-order valence-corrected chi connectivity index (χ2v) is 3.65. The first-order chi connectivity index (χ1) is 8.79. The van der Waals surface area contributed by atoms with Crippen molar-refractivity contribution < 1.29 is 18.6 Å². The zero-order valence-electron chi connectivity index (χ0n) is 10.9. The lowest BCUT2D eigenvalue weighted by atomic mass is 10.2. The molecule has 4 nitrogen and oxygen atoms in total. The number of halogens is 1. The van der Waals surface area contributed by atoms with E-state index in [1.54, 1.807) is 13.2 Å². The fourth-order valence-corrected chi connectivity index (χ4v) is 1.44. The summed E-state index contributed by atoms with van der Waals surface area (Å²) in [7, 11) is 1.64. The largest absolute Gasteiger partial charge is 0.464 e. The van der Waals surface area contributed by atoms with Crippen LogP contribution in [0.3, 0.4) is 0 Å². The Morgan fingerprint density at radius 2 is 2.17 bits per heavy atom. The van der Waals surface area contributed by atoms with Crippen LogP contribution >= 0.6 is 0 Å². The van der Waals surface area contributed by atoms with Gasteiger partial charge in [-0.2, -0.15) is 0 Å². The van der Waals surface area contributed by atoms with Gasteiger partial charge in [-0.15, -0.1) is 0 Å². The zero-order valence-corrected chi connectivity index (χ0v) is 10.9. The molecule has 0 aliphatic heterocycles. The predicted octanol–water partition coefficient (Wildman–Crippen LogP) is 1.93. The molecule has 0 aliphatic rings. The van der Waals surface area contributed by atoms with Crippen LogP contribution in [-0.4, -0.2) is 33.7 Å². The van der Waals surface area contributed by atoms with Crippen LogP contribution in [0.5, 0.6) is 5.75 Å². The standard InChI is InChI=1S/C13H20FNO3/c1-3-17-10-18-13-11(5-4-6-12(13)14)9-15-7-8-16-2/h4-6,15H,3,7-10H2,1-2H3. The van der Waals surface area contributed by atoms with Crippen LogP contribution in [0.1, 0.15) is 12.5 Å². The summed E-state index contributed by atoms with van der Waals surface area (Å²) in [5.74, 6) is -0.128. The summed E-state index contributed by atoms with van der Waals surface area (Å²) in [6.07, 6.45) is 0. The molecule has 1 aromatic rings. The van der Waals surface area contributed by atoms with E-state index < -0.39 is 0 Å². The quantitative estimate of drug-likeness (QED) is 0.542. The third-order valence-corrected chi connectivity index (χ3v) is 2.34. The number of ether oxygens (including phenoxy) is 3. The van der Waals surface area contributed by atoms with Gasteiger partial charge < -0.3 is 19.5 Å². The van der Waals surface area contributed by atoms with E-state index >= 15 is 0 Å². The SMILES string of the molecule is CCOCOc1c(F)cccc1CNCCOC. The Kier molecular flexibility index (Phi) is 7.32. The van der Waals surface area contributed by atoms with Gasteiger partial charge in [0.05, 0.1) is 6.61 Å². The highest BCUT2D eigenvalue weighted by Gasteiger charge is 2.09. The lowest BCUT2D eigenvalue weighted by molar-refractivity contribution is 0.0194. The fourth-order valence-electron chi connectivity index (χ4n) is 1.44. The molecule has 0 saturated heterocycles. The summed E-state index contributed by atoms with van der Waals surface area (Å²) < 4.78 is 28.9. The van der Waals surface area contributed by atoms with Gasteiger partial charge in [0.2, 0.25) is 0 Å². The molecule has 0 heterocycles. The van der Waals surface area contributed by atoms with Gasteiger partial charge in [0.15, 0.2) is 18.4 Å². The molecule has 0 saturated carbocycles. The number of para-hydroxylation sites is 1. The van der Waals surface area contributed by atoms with Crippen molar-refractivity contribution in [1.82, 2.24) is 5.32 Å². The van der Waals surface area contributed by atoms with Crippen molar-refractivity contribution in [3.05, 3.63) is 29.6 Å². The number of hydrogen-bond donors (Lipinski definition) is 1. The Labute approximate surface area is 107 Å². The molecule has 0 aromatic heterocycles. The number of hydrogen-bond acceptors (Lipinski definition) is 4. The summed E-state index contributed by atoms with van der Waals surface area (Å²) in [5.41, 5.74) is 0.769. The zero-order chi connectivity index (χ0) is 13.2. The lowest BCUT2D eigenvalue weighted by Crippen LogP contribution is -2.19. The monoisotopic (exact) mass is 257 g/mol. The topological polar surface area (TPSA) is 39.7 Å². The molecule has 0 fully saturated rings. The van der Waals surface area contributed by atoms with E-state index in [0.29, 0.717) is 26.3 Å². The first kappa shape index (κ1) is 14.9. The molecule has 0 radical (unpaired) electrons. The molecule has 0 spiro atoms. The fraction of sp³-hybridized carbons (Fsp3) is 0.538. The molecule has 0 bridgehead atoms. The summed E-state index contributed by atoms with van der Waals surface area (Å²) in [5, 5.41) is 3.15. The molecular formula is C13H20FNO3. The van der Waals surface area contributed by atoms with Crippen LogP contribution in [0, 0.1) is 5.82 Å². The molecule has 0 amide bonds. The van der Waals surface area contributed by atoms with E-state index in [1.807, 2.05) is 13.0 Å². The van der Waals surface area contributed by atoms with Gasteiger partial charge >= 0.3 is 0 Å². The second kappa shape index (κ2) is 8.85. The predicted molar refractivity (Wildman–Crippen MR) is 67.1 cm³/mol. The molecule has 102 valence electrons. The third-order valence-electron chi connectivity index (χ3n) is 2.34. The molecule has 0 atom stereocenters. The van der Waals surface area contributed by atoms with Crippen LogP contribution in [0.2, 0.25) is 0 Å². The Balaban J connectivity index is 2.56. The van der Waals surface area contributed by atoms with Gasteiger partial charge in [-0.25, -0.2) is 4.39 Å². The van der Waals surface area contributed by atoms with Crippen molar-refractivity contribution in [2.45, 2.75) is 13.5 Å². The minimum atomic E-state index is -0.374. The molecule has 0 aliphatic carbocycles. The normalized spacial score (nSPS) is 10.6. The van der Waals surface area contributed by atoms with Crippen molar-refractivity contribution in [2.24, 2.45) is 0 Å². The average molecular weight is 257 g/mol. The summed E-state index contributed by atoms with van der Waals surface area (Å²) in [6.45, 7) is 4.31. The van der Waals surface area contributed by atoms with Crippen molar-refractivity contribution in [3.63, 3.8) is 0 Å². The summed E-state index contributed by atoms with van der Waals surface area (Å²) in [4.78, 5) is 0. The van der Waals surface area contributed by atoms with Crippen LogP contribution in [0.4, 0.5) is 4.39 Å². The molecule has 0 unspecified atom stereocenters. The van der Waals surface area contributed by atoms with E-state index in [9.17, 15) is 4.39 Å². The number of methoxy groups -OCH3 is 1. The van der Waals surface area contributed by atoms with Gasteiger partial charge in [0, 0.05) is 32.4 Å². The van der Waals surface area contributed by atoms with Crippen LogP contribution < -0.4 is 10.1 Å². The van der Waals surface area contributed by atoms with E-state index in [4.69, 9.17) is 14.2 Å². The van der Waals surface area contributed by atoms with E-state index in [-0.39, 0.29) is 18.4 Å². The van der Waals surface area contributed by atoms with Gasteiger partial charge in [-0.05, 0) is 13.0 Å². The molecule has 1 rings (SSSR count). The number of rotatable bonds is 9. The van der Waals surface area contributed by atoms with Gasteiger partial charge in [0.25, 0.3) is 0 Å². The minimum Gasteiger partial charge on any atom is -0.464 e. The average Bonchev–Trinajstić information content (AvgIpc) is 2.37. The Morgan fingerprint density at radius 1 is 1.33 bits per heavy atom. The molecule has 5 heteroatoms. The second-order valence-electron chi connectivity index (χ2n) is 3.65. The highest BCUT2D eigenvalue weighted by atomic mass is 19.1. The van der Waals surface area contributed by atoms with Gasteiger partial charge in [0.1, 0.15) is 0 Å². The highest BCUT2D eigenvalue weighted by molar-refractivity contribution is 5.34. The maximum Gasteiger partial charge on any atom is 0.189 e. The van der Waals surface area contributed by atoms with E-state index in [2.05, 4.69) is 5.32 Å². The maximum atomic E-state index is 13.6. The molecular weight excluding hydrogens is 237 g/mol. The van der Waals surface area contributed by atoms with Crippen LogP contribution in [-0.2, 0) is 16.0 Å². The van der Waals surface area contributed by atoms with E-state index in [0.717, 1.165) is 5.56 Å². The minimum absolute atomic E-state index is 0.0580. The van der Waals surface area contributed by atoms with Crippen molar-refractivity contribution >= 4 is 0 Å². The third kappa shape index (κ3) is 5.00. The van der Waals surface area contributed by atoms with E-state index in [1.165, 1.54) is 6.07 Å².